The zero-order valence-corrected chi connectivity index (χ0v) is 12.9. The van der Waals surface area contributed by atoms with E-state index in [1.165, 1.54) is 24.2 Å². The molecular formula is C17H22NO4+. The normalized spacial score (nSPS) is 16.0. The lowest BCUT2D eigenvalue weighted by Gasteiger charge is -2.22. The van der Waals surface area contributed by atoms with Gasteiger partial charge in [0.1, 0.15) is 23.4 Å². The number of likely N-dealkylation sites (tertiary alicyclic amines) is 1. The second-order valence-corrected chi connectivity index (χ2v) is 5.79. The first-order chi connectivity index (χ1) is 10.7. The van der Waals surface area contributed by atoms with Gasteiger partial charge in [-0.2, -0.15) is 0 Å². The molecule has 0 aliphatic carbocycles. The van der Waals surface area contributed by atoms with Crippen LogP contribution in [0.5, 0.6) is 5.75 Å². The average molecular weight is 304 g/mol. The Hall–Kier alpha value is -2.01. The lowest BCUT2D eigenvalue weighted by atomic mass is 10.1. The van der Waals surface area contributed by atoms with Gasteiger partial charge >= 0.3 is 5.97 Å². The fourth-order valence-corrected chi connectivity index (χ4v) is 3.14. The predicted molar refractivity (Wildman–Crippen MR) is 82.1 cm³/mol. The van der Waals surface area contributed by atoms with E-state index in [-0.39, 0.29) is 11.7 Å². The van der Waals surface area contributed by atoms with E-state index in [1.807, 2.05) is 0 Å². The Morgan fingerprint density at radius 2 is 2.09 bits per heavy atom. The third kappa shape index (κ3) is 2.95. The van der Waals surface area contributed by atoms with Crippen LogP contribution in [0.1, 0.15) is 42.3 Å². The number of hydrogen-bond donors (Lipinski definition) is 2. The molecule has 1 aliphatic rings. The molecule has 5 heteroatoms. The number of phenols is 1. The van der Waals surface area contributed by atoms with E-state index in [4.69, 9.17) is 9.15 Å². The van der Waals surface area contributed by atoms with Gasteiger partial charge in [0.2, 0.25) is 0 Å². The first-order valence-electron chi connectivity index (χ1n) is 7.94. The zero-order valence-electron chi connectivity index (χ0n) is 12.9. The van der Waals surface area contributed by atoms with Crippen molar-refractivity contribution in [1.29, 1.82) is 0 Å². The van der Waals surface area contributed by atoms with Crippen LogP contribution in [-0.4, -0.2) is 30.8 Å². The van der Waals surface area contributed by atoms with E-state index in [9.17, 15) is 9.90 Å². The number of phenolic OH excluding ortho intramolecular Hbond substituents is 1. The summed E-state index contributed by atoms with van der Waals surface area (Å²) in [6.07, 6.45) is 3.71. The summed E-state index contributed by atoms with van der Waals surface area (Å²) in [6, 6.07) is 4.83. The van der Waals surface area contributed by atoms with Crippen molar-refractivity contribution in [3.8, 4) is 5.75 Å². The number of quaternary nitrogens is 1. The highest BCUT2D eigenvalue weighted by Crippen LogP contribution is 2.29. The molecule has 0 atom stereocenters. The molecule has 22 heavy (non-hydrogen) atoms. The SMILES string of the molecule is CCOC(=O)c1c(C[NH+]2CCCCC2)oc2ccc(O)cc12. The number of furan rings is 1. The van der Waals surface area contributed by atoms with Crippen LogP contribution >= 0.6 is 0 Å². The zero-order chi connectivity index (χ0) is 15.5. The number of carbonyl (C=O) groups is 1. The maximum Gasteiger partial charge on any atom is 0.342 e. The summed E-state index contributed by atoms with van der Waals surface area (Å²) >= 11 is 0. The molecule has 2 N–H and O–H groups in total. The van der Waals surface area contributed by atoms with Crippen molar-refractivity contribution in [3.63, 3.8) is 0 Å². The van der Waals surface area contributed by atoms with E-state index >= 15 is 0 Å². The van der Waals surface area contributed by atoms with E-state index in [0.29, 0.717) is 35.4 Å². The fraction of sp³-hybridized carbons (Fsp3) is 0.471. The molecule has 1 aliphatic heterocycles. The highest BCUT2D eigenvalue weighted by Gasteiger charge is 2.26. The van der Waals surface area contributed by atoms with Gasteiger partial charge in [-0.05, 0) is 44.4 Å². The first kappa shape index (κ1) is 14.9. The van der Waals surface area contributed by atoms with Gasteiger partial charge in [0, 0.05) is 5.39 Å². The van der Waals surface area contributed by atoms with E-state index < -0.39 is 0 Å². The Kier molecular flexibility index (Phi) is 4.34. The number of benzene rings is 1. The van der Waals surface area contributed by atoms with Crippen LogP contribution in [-0.2, 0) is 11.3 Å². The summed E-state index contributed by atoms with van der Waals surface area (Å²) in [7, 11) is 0. The molecule has 2 aromatic rings. The quantitative estimate of drug-likeness (QED) is 0.847. The third-order valence-electron chi connectivity index (χ3n) is 4.20. The lowest BCUT2D eigenvalue weighted by Crippen LogP contribution is -3.11. The van der Waals surface area contributed by atoms with Gasteiger partial charge in [-0.1, -0.05) is 0 Å². The summed E-state index contributed by atoms with van der Waals surface area (Å²) in [5, 5.41) is 10.3. The number of fused-ring (bicyclic) bond motifs is 1. The van der Waals surface area contributed by atoms with Crippen molar-refractivity contribution in [3.05, 3.63) is 29.5 Å². The lowest BCUT2D eigenvalue weighted by molar-refractivity contribution is -0.919. The Morgan fingerprint density at radius 1 is 1.32 bits per heavy atom. The van der Waals surface area contributed by atoms with Crippen molar-refractivity contribution in [2.45, 2.75) is 32.7 Å². The van der Waals surface area contributed by atoms with Gasteiger partial charge < -0.3 is 19.2 Å². The molecule has 2 heterocycles. The minimum atomic E-state index is -0.377. The van der Waals surface area contributed by atoms with Crippen LogP contribution in [0.2, 0.25) is 0 Å². The van der Waals surface area contributed by atoms with Gasteiger partial charge in [0.15, 0.2) is 5.76 Å². The molecule has 1 aromatic carbocycles. The van der Waals surface area contributed by atoms with Crippen LogP contribution in [0.15, 0.2) is 22.6 Å². The number of rotatable bonds is 4. The van der Waals surface area contributed by atoms with E-state index in [1.54, 1.807) is 25.1 Å². The van der Waals surface area contributed by atoms with Crippen molar-refractivity contribution in [1.82, 2.24) is 0 Å². The fourth-order valence-electron chi connectivity index (χ4n) is 3.14. The van der Waals surface area contributed by atoms with Gasteiger partial charge in [0.05, 0.1) is 19.7 Å². The molecule has 5 nitrogen and oxygen atoms in total. The molecule has 0 saturated carbocycles. The molecule has 0 amide bonds. The van der Waals surface area contributed by atoms with Gasteiger partial charge in [-0.15, -0.1) is 0 Å². The molecule has 1 saturated heterocycles. The molecule has 3 rings (SSSR count). The number of ether oxygens (including phenoxy) is 1. The summed E-state index contributed by atoms with van der Waals surface area (Å²) in [6.45, 7) is 4.99. The van der Waals surface area contributed by atoms with Gasteiger partial charge in [0.25, 0.3) is 0 Å². The highest BCUT2D eigenvalue weighted by atomic mass is 16.5. The Labute approximate surface area is 129 Å². The van der Waals surface area contributed by atoms with Crippen molar-refractivity contribution in [2.24, 2.45) is 0 Å². The molecule has 0 spiro atoms. The van der Waals surface area contributed by atoms with Crippen LogP contribution in [0.4, 0.5) is 0 Å². The van der Waals surface area contributed by atoms with Gasteiger partial charge in [-0.3, -0.25) is 0 Å². The molecular weight excluding hydrogens is 282 g/mol. The average Bonchev–Trinajstić information content (AvgIpc) is 2.85. The highest BCUT2D eigenvalue weighted by molar-refractivity contribution is 6.04. The number of carbonyl (C=O) groups excluding carboxylic acids is 1. The number of hydrogen-bond acceptors (Lipinski definition) is 4. The van der Waals surface area contributed by atoms with Gasteiger partial charge in [-0.25, -0.2) is 4.79 Å². The minimum Gasteiger partial charge on any atom is -0.508 e. The maximum atomic E-state index is 12.3. The van der Waals surface area contributed by atoms with Crippen molar-refractivity contribution >= 4 is 16.9 Å². The second-order valence-electron chi connectivity index (χ2n) is 5.79. The number of piperidine rings is 1. The summed E-state index contributed by atoms with van der Waals surface area (Å²) in [5.74, 6) is 0.407. The molecule has 0 radical (unpaired) electrons. The molecule has 1 fully saturated rings. The van der Waals surface area contributed by atoms with Crippen molar-refractivity contribution < 1.29 is 24.0 Å². The molecule has 118 valence electrons. The summed E-state index contributed by atoms with van der Waals surface area (Å²) in [5.41, 5.74) is 1.08. The summed E-state index contributed by atoms with van der Waals surface area (Å²) < 4.78 is 11.1. The standard InChI is InChI=1S/C17H21NO4/c1-2-21-17(20)16-13-10-12(19)6-7-14(13)22-15(16)11-18-8-4-3-5-9-18/h6-7,10,19H,2-5,8-9,11H2,1H3/p+1. The van der Waals surface area contributed by atoms with E-state index in [2.05, 4.69) is 0 Å². The molecule has 1 aromatic heterocycles. The largest absolute Gasteiger partial charge is 0.508 e. The Bertz CT molecular complexity index is 671. The number of aromatic hydroxyl groups is 1. The molecule has 0 unspecified atom stereocenters. The number of nitrogens with one attached hydrogen (secondary N) is 1. The van der Waals surface area contributed by atoms with Crippen molar-refractivity contribution in [2.75, 3.05) is 19.7 Å². The topological polar surface area (TPSA) is 64.1 Å². The Balaban J connectivity index is 1.99. The minimum absolute atomic E-state index is 0.121. The first-order valence-corrected chi connectivity index (χ1v) is 7.94. The number of esters is 1. The summed E-state index contributed by atoms with van der Waals surface area (Å²) in [4.78, 5) is 13.8. The molecule has 0 bridgehead atoms. The Morgan fingerprint density at radius 3 is 2.82 bits per heavy atom. The monoisotopic (exact) mass is 304 g/mol. The van der Waals surface area contributed by atoms with Crippen LogP contribution < -0.4 is 4.90 Å². The van der Waals surface area contributed by atoms with E-state index in [0.717, 1.165) is 13.1 Å². The second kappa shape index (κ2) is 6.40. The van der Waals surface area contributed by atoms with Crippen LogP contribution in [0.25, 0.3) is 11.0 Å². The van der Waals surface area contributed by atoms with Crippen LogP contribution in [0, 0.1) is 0 Å². The third-order valence-corrected chi connectivity index (χ3v) is 4.20. The predicted octanol–water partition coefficient (Wildman–Crippen LogP) is 1.88. The maximum absolute atomic E-state index is 12.3. The smallest absolute Gasteiger partial charge is 0.342 e. The van der Waals surface area contributed by atoms with Crippen LogP contribution in [0.3, 0.4) is 0 Å².